The van der Waals surface area contributed by atoms with Crippen LogP contribution in [0.2, 0.25) is 0 Å². The quantitative estimate of drug-likeness (QED) is 0.431. The van der Waals surface area contributed by atoms with Gasteiger partial charge in [0, 0.05) is 29.6 Å². The molecule has 7 nitrogen and oxygen atoms in total. The Bertz CT molecular complexity index is 1010. The summed E-state index contributed by atoms with van der Waals surface area (Å²) < 4.78 is 5.60. The van der Waals surface area contributed by atoms with Crippen LogP contribution in [0.3, 0.4) is 0 Å². The Morgan fingerprint density at radius 3 is 3.00 bits per heavy atom. The first kappa shape index (κ1) is 18.8. The second kappa shape index (κ2) is 8.24. The zero-order chi connectivity index (χ0) is 19.5. The molecule has 2 aromatic heterocycles. The third-order valence-electron chi connectivity index (χ3n) is 4.33. The van der Waals surface area contributed by atoms with E-state index in [4.69, 9.17) is 4.42 Å². The third-order valence-corrected chi connectivity index (χ3v) is 5.97. The molecule has 1 amide bonds. The summed E-state index contributed by atoms with van der Waals surface area (Å²) in [6.45, 7) is 2.65. The normalized spacial score (nSPS) is 14.0. The summed E-state index contributed by atoms with van der Waals surface area (Å²) >= 11 is 2.79. The second-order valence-corrected chi connectivity index (χ2v) is 8.40. The molecule has 0 aliphatic carbocycles. The van der Waals surface area contributed by atoms with Gasteiger partial charge >= 0.3 is 0 Å². The molecule has 0 radical (unpaired) electrons. The van der Waals surface area contributed by atoms with Crippen molar-refractivity contribution in [2.45, 2.75) is 31.4 Å². The zero-order valence-corrected chi connectivity index (χ0v) is 16.9. The van der Waals surface area contributed by atoms with E-state index in [-0.39, 0.29) is 17.4 Å². The van der Waals surface area contributed by atoms with E-state index in [2.05, 4.69) is 15.2 Å². The number of anilines is 1. The predicted molar refractivity (Wildman–Crippen MR) is 107 cm³/mol. The van der Waals surface area contributed by atoms with Gasteiger partial charge in [0.2, 0.25) is 11.8 Å². The van der Waals surface area contributed by atoms with Crippen LogP contribution in [0.15, 0.2) is 39.3 Å². The van der Waals surface area contributed by atoms with Crippen LogP contribution in [0, 0.1) is 6.92 Å². The third kappa shape index (κ3) is 4.31. The lowest BCUT2D eigenvalue weighted by molar-refractivity contribution is -0.117. The van der Waals surface area contributed by atoms with E-state index >= 15 is 0 Å². The summed E-state index contributed by atoms with van der Waals surface area (Å²) in [5, 5.41) is 11.3. The lowest BCUT2D eigenvalue weighted by atomic mass is 10.1. The number of Topliss-reactive ketones (excluding diaryl/α,β-unsaturated/α-hetero) is 1. The van der Waals surface area contributed by atoms with Crippen molar-refractivity contribution in [3.63, 3.8) is 0 Å². The molecule has 1 fully saturated rings. The Labute approximate surface area is 170 Å². The molecule has 0 spiro atoms. The van der Waals surface area contributed by atoms with Gasteiger partial charge in [0.25, 0.3) is 5.22 Å². The van der Waals surface area contributed by atoms with E-state index in [0.29, 0.717) is 36.1 Å². The number of rotatable bonds is 7. The Hall–Kier alpha value is -2.52. The molecule has 0 saturated carbocycles. The number of amides is 1. The van der Waals surface area contributed by atoms with Crippen LogP contribution >= 0.6 is 23.1 Å². The summed E-state index contributed by atoms with van der Waals surface area (Å²) in [5.74, 6) is 0.727. The molecule has 1 aliphatic rings. The van der Waals surface area contributed by atoms with E-state index in [1.54, 1.807) is 34.4 Å². The summed E-state index contributed by atoms with van der Waals surface area (Å²) in [6.07, 6.45) is 1.90. The van der Waals surface area contributed by atoms with Crippen molar-refractivity contribution in [2.24, 2.45) is 0 Å². The van der Waals surface area contributed by atoms with E-state index < -0.39 is 0 Å². The number of hydrogen-bond donors (Lipinski definition) is 0. The first-order chi connectivity index (χ1) is 13.6. The molecule has 144 valence electrons. The zero-order valence-electron chi connectivity index (χ0n) is 15.3. The van der Waals surface area contributed by atoms with Crippen LogP contribution in [0.5, 0.6) is 0 Å². The number of hydrogen-bond acceptors (Lipinski definition) is 8. The highest BCUT2D eigenvalue weighted by molar-refractivity contribution is 7.99. The molecule has 0 bridgehead atoms. The fourth-order valence-electron chi connectivity index (χ4n) is 2.99. The maximum Gasteiger partial charge on any atom is 0.277 e. The van der Waals surface area contributed by atoms with Crippen LogP contribution in [-0.2, 0) is 11.2 Å². The molecule has 1 aliphatic heterocycles. The summed E-state index contributed by atoms with van der Waals surface area (Å²) in [5.41, 5.74) is 2.24. The van der Waals surface area contributed by atoms with Crippen molar-refractivity contribution in [2.75, 3.05) is 17.2 Å². The average Bonchev–Trinajstić information content (AvgIpc) is 3.42. The summed E-state index contributed by atoms with van der Waals surface area (Å²) in [7, 11) is 0. The molecule has 3 aromatic rings. The summed E-state index contributed by atoms with van der Waals surface area (Å²) in [6, 6.07) is 7.20. The minimum absolute atomic E-state index is 0.0478. The van der Waals surface area contributed by atoms with Gasteiger partial charge in [-0.2, -0.15) is 0 Å². The number of aryl methyl sites for hydroxylation is 1. The van der Waals surface area contributed by atoms with Crippen LogP contribution in [0.4, 0.5) is 5.69 Å². The SMILES string of the molecule is Cc1nc(Cc2nnc(SCC(=O)c3cccc(N4CCCC4=O)c3)o2)cs1. The van der Waals surface area contributed by atoms with Crippen LogP contribution in [0.25, 0.3) is 0 Å². The Balaban J connectivity index is 1.36. The minimum atomic E-state index is -0.0478. The van der Waals surface area contributed by atoms with Gasteiger partial charge in [-0.3, -0.25) is 9.59 Å². The van der Waals surface area contributed by atoms with Gasteiger partial charge in [-0.15, -0.1) is 21.5 Å². The van der Waals surface area contributed by atoms with Gasteiger partial charge in [-0.1, -0.05) is 23.9 Å². The van der Waals surface area contributed by atoms with E-state index in [9.17, 15) is 9.59 Å². The number of carbonyl (C=O) groups excluding carboxylic acids is 2. The number of carbonyl (C=O) groups is 2. The standard InChI is InChI=1S/C19H18N4O3S2/c1-12-20-14(10-27-12)9-17-21-22-19(26-17)28-11-16(24)13-4-2-5-15(8-13)23-7-3-6-18(23)25/h2,4-5,8,10H,3,6-7,9,11H2,1H3. The Kier molecular flexibility index (Phi) is 5.54. The molecule has 0 unspecified atom stereocenters. The second-order valence-electron chi connectivity index (χ2n) is 6.41. The van der Waals surface area contributed by atoms with Gasteiger partial charge in [-0.05, 0) is 25.5 Å². The molecular weight excluding hydrogens is 396 g/mol. The largest absolute Gasteiger partial charge is 0.416 e. The van der Waals surface area contributed by atoms with Crippen molar-refractivity contribution in [1.29, 1.82) is 0 Å². The lowest BCUT2D eigenvalue weighted by Gasteiger charge is -2.16. The van der Waals surface area contributed by atoms with Crippen molar-refractivity contribution in [3.05, 3.63) is 51.8 Å². The van der Waals surface area contributed by atoms with Crippen LogP contribution < -0.4 is 4.90 Å². The molecule has 1 aromatic carbocycles. The monoisotopic (exact) mass is 414 g/mol. The molecule has 9 heteroatoms. The first-order valence-corrected chi connectivity index (χ1v) is 10.7. The van der Waals surface area contributed by atoms with Gasteiger partial charge in [0.05, 0.1) is 22.9 Å². The van der Waals surface area contributed by atoms with Crippen molar-refractivity contribution >= 4 is 40.5 Å². The molecule has 28 heavy (non-hydrogen) atoms. The highest BCUT2D eigenvalue weighted by atomic mass is 32.2. The molecule has 1 saturated heterocycles. The molecule has 0 atom stereocenters. The number of ketones is 1. The summed E-state index contributed by atoms with van der Waals surface area (Å²) in [4.78, 5) is 30.6. The average molecular weight is 415 g/mol. The highest BCUT2D eigenvalue weighted by Crippen LogP contribution is 2.24. The number of aromatic nitrogens is 3. The molecule has 4 rings (SSSR count). The van der Waals surface area contributed by atoms with E-state index in [1.807, 2.05) is 18.4 Å². The van der Waals surface area contributed by atoms with Crippen LogP contribution in [0.1, 0.15) is 39.8 Å². The maximum absolute atomic E-state index is 12.5. The maximum atomic E-state index is 12.5. The number of thiazole rings is 1. The predicted octanol–water partition coefficient (Wildman–Crippen LogP) is 3.53. The Morgan fingerprint density at radius 1 is 1.36 bits per heavy atom. The van der Waals surface area contributed by atoms with Gasteiger partial charge < -0.3 is 9.32 Å². The number of thioether (sulfide) groups is 1. The lowest BCUT2D eigenvalue weighted by Crippen LogP contribution is -2.23. The van der Waals surface area contributed by atoms with Crippen molar-refractivity contribution in [3.8, 4) is 0 Å². The highest BCUT2D eigenvalue weighted by Gasteiger charge is 2.22. The smallest absolute Gasteiger partial charge is 0.277 e. The van der Waals surface area contributed by atoms with Gasteiger partial charge in [0.1, 0.15) is 0 Å². The van der Waals surface area contributed by atoms with Crippen molar-refractivity contribution < 1.29 is 14.0 Å². The number of benzene rings is 1. The van der Waals surface area contributed by atoms with E-state index in [0.717, 1.165) is 22.8 Å². The first-order valence-electron chi connectivity index (χ1n) is 8.88. The van der Waals surface area contributed by atoms with E-state index in [1.165, 1.54) is 11.8 Å². The van der Waals surface area contributed by atoms with Crippen molar-refractivity contribution in [1.82, 2.24) is 15.2 Å². The molecular formula is C19H18N4O3S2. The molecule has 0 N–H and O–H groups in total. The fourth-order valence-corrected chi connectivity index (χ4v) is 4.28. The van der Waals surface area contributed by atoms with Gasteiger partial charge in [-0.25, -0.2) is 4.98 Å². The number of nitrogens with zero attached hydrogens (tertiary/aromatic N) is 4. The van der Waals surface area contributed by atoms with Crippen LogP contribution in [-0.4, -0.2) is 39.2 Å². The van der Waals surface area contributed by atoms with Gasteiger partial charge in [0.15, 0.2) is 5.78 Å². The topological polar surface area (TPSA) is 89.2 Å². The molecule has 3 heterocycles. The Morgan fingerprint density at radius 2 is 2.25 bits per heavy atom. The fraction of sp³-hybridized carbons (Fsp3) is 0.316. The minimum Gasteiger partial charge on any atom is -0.416 e.